The maximum Gasteiger partial charge on any atom is 0.251 e. The Balaban J connectivity index is 2.37. The lowest BCUT2D eigenvalue weighted by molar-refractivity contribution is 0.153. The van der Waals surface area contributed by atoms with Crippen molar-refractivity contribution in [2.45, 2.75) is 6.43 Å². The van der Waals surface area contributed by atoms with Gasteiger partial charge in [-0.2, -0.15) is 0 Å². The Kier molecular flexibility index (Phi) is 5.29. The number of rotatable bonds is 7. The predicted molar refractivity (Wildman–Crippen MR) is 64.1 cm³/mol. The Morgan fingerprint density at radius 1 is 1.39 bits per heavy atom. The van der Waals surface area contributed by atoms with Crippen molar-refractivity contribution < 1.29 is 21.9 Å². The molecule has 0 aliphatic heterocycles. The van der Waals surface area contributed by atoms with Crippen LogP contribution in [-0.4, -0.2) is 33.7 Å². The first kappa shape index (κ1) is 14.7. The first-order chi connectivity index (χ1) is 8.39. The fraction of sp³-hybridized carbons (Fsp3) is 0.400. The molecule has 3 N–H and O–H groups in total. The Morgan fingerprint density at radius 2 is 2.11 bits per heavy atom. The van der Waals surface area contributed by atoms with Gasteiger partial charge in [-0.25, -0.2) is 21.9 Å². The van der Waals surface area contributed by atoms with Gasteiger partial charge in [-0.05, 0) is 12.1 Å². The van der Waals surface area contributed by atoms with Crippen molar-refractivity contribution in [3.8, 4) is 5.75 Å². The van der Waals surface area contributed by atoms with E-state index in [1.807, 2.05) is 0 Å². The van der Waals surface area contributed by atoms with E-state index < -0.39 is 28.7 Å². The first-order valence-electron chi connectivity index (χ1n) is 5.13. The summed E-state index contributed by atoms with van der Waals surface area (Å²) in [6.45, 7) is -1.03. The molecule has 0 heterocycles. The molecule has 0 radical (unpaired) electrons. The number of nitrogen functional groups attached to an aromatic ring is 1. The molecule has 0 aliphatic rings. The molecule has 0 fully saturated rings. The van der Waals surface area contributed by atoms with Crippen LogP contribution in [0.15, 0.2) is 24.3 Å². The normalized spacial score (nSPS) is 11.7. The van der Waals surface area contributed by atoms with Gasteiger partial charge in [0.1, 0.15) is 12.4 Å². The summed E-state index contributed by atoms with van der Waals surface area (Å²) < 4.78 is 53.1. The van der Waals surface area contributed by atoms with E-state index in [-0.39, 0.29) is 6.61 Å². The van der Waals surface area contributed by atoms with Crippen LogP contribution in [0.1, 0.15) is 0 Å². The van der Waals surface area contributed by atoms with Gasteiger partial charge >= 0.3 is 0 Å². The molecule has 1 aromatic rings. The van der Waals surface area contributed by atoms with Crippen LogP contribution in [0.5, 0.6) is 5.75 Å². The van der Waals surface area contributed by atoms with E-state index in [2.05, 4.69) is 0 Å². The standard InChI is InChI=1S/C10H14F2N2O3S/c11-10(12)7-14-18(15,16)5-4-17-9-3-1-2-8(13)6-9/h1-3,6,10,14H,4-5,7,13H2. The van der Waals surface area contributed by atoms with E-state index in [1.54, 1.807) is 29.0 Å². The molecule has 102 valence electrons. The number of ether oxygens (including phenoxy) is 1. The van der Waals surface area contributed by atoms with Crippen LogP contribution in [-0.2, 0) is 10.0 Å². The van der Waals surface area contributed by atoms with Crippen molar-refractivity contribution in [1.29, 1.82) is 0 Å². The molecule has 1 aromatic carbocycles. The number of alkyl halides is 2. The number of nitrogens with two attached hydrogens (primary N) is 1. The summed E-state index contributed by atoms with van der Waals surface area (Å²) in [5, 5.41) is 0. The third-order valence-electron chi connectivity index (χ3n) is 1.94. The largest absolute Gasteiger partial charge is 0.492 e. The van der Waals surface area contributed by atoms with Crippen LogP contribution < -0.4 is 15.2 Å². The van der Waals surface area contributed by atoms with E-state index in [0.29, 0.717) is 11.4 Å². The highest BCUT2D eigenvalue weighted by Gasteiger charge is 2.13. The number of nitrogens with one attached hydrogen (secondary N) is 1. The zero-order chi connectivity index (χ0) is 13.6. The third-order valence-corrected chi connectivity index (χ3v) is 3.25. The predicted octanol–water partition coefficient (Wildman–Crippen LogP) is 0.832. The molecule has 5 nitrogen and oxygen atoms in total. The summed E-state index contributed by atoms with van der Waals surface area (Å²) >= 11 is 0. The highest BCUT2D eigenvalue weighted by molar-refractivity contribution is 7.89. The van der Waals surface area contributed by atoms with Gasteiger partial charge in [-0.1, -0.05) is 6.07 Å². The molecule has 1 rings (SSSR count). The van der Waals surface area contributed by atoms with E-state index in [1.165, 1.54) is 0 Å². The average molecular weight is 280 g/mol. The lowest BCUT2D eigenvalue weighted by atomic mass is 10.3. The second kappa shape index (κ2) is 6.50. The minimum Gasteiger partial charge on any atom is -0.492 e. The summed E-state index contributed by atoms with van der Waals surface area (Å²) in [4.78, 5) is 0. The lowest BCUT2D eigenvalue weighted by Crippen LogP contribution is -2.32. The molecule has 0 saturated carbocycles. The second-order valence-electron chi connectivity index (χ2n) is 3.48. The van der Waals surface area contributed by atoms with Crippen molar-refractivity contribution in [3.05, 3.63) is 24.3 Å². The molecule has 8 heteroatoms. The minimum atomic E-state index is -3.74. The summed E-state index contributed by atoms with van der Waals surface area (Å²) in [5.41, 5.74) is 6.00. The Bertz CT molecular complexity index is 480. The Hall–Kier alpha value is -1.41. The van der Waals surface area contributed by atoms with Crippen LogP contribution >= 0.6 is 0 Å². The molecular formula is C10H14F2N2O3S. The zero-order valence-corrected chi connectivity index (χ0v) is 10.3. The van der Waals surface area contributed by atoms with Crippen LogP contribution in [0.3, 0.4) is 0 Å². The van der Waals surface area contributed by atoms with E-state index in [9.17, 15) is 17.2 Å². The van der Waals surface area contributed by atoms with Gasteiger partial charge < -0.3 is 10.5 Å². The van der Waals surface area contributed by atoms with Crippen LogP contribution in [0.25, 0.3) is 0 Å². The lowest BCUT2D eigenvalue weighted by Gasteiger charge is -2.08. The van der Waals surface area contributed by atoms with Gasteiger partial charge in [-0.3, -0.25) is 0 Å². The van der Waals surface area contributed by atoms with Crippen LogP contribution in [0.2, 0.25) is 0 Å². The first-order valence-corrected chi connectivity index (χ1v) is 6.78. The molecule has 0 unspecified atom stereocenters. The smallest absolute Gasteiger partial charge is 0.251 e. The number of sulfonamides is 1. The fourth-order valence-corrected chi connectivity index (χ4v) is 1.96. The summed E-state index contributed by atoms with van der Waals surface area (Å²) in [5.74, 6) is 0.0354. The highest BCUT2D eigenvalue weighted by Crippen LogP contribution is 2.14. The van der Waals surface area contributed by atoms with E-state index in [4.69, 9.17) is 10.5 Å². The quantitative estimate of drug-likeness (QED) is 0.725. The SMILES string of the molecule is Nc1cccc(OCCS(=O)(=O)NCC(F)F)c1. The molecule has 0 amide bonds. The highest BCUT2D eigenvalue weighted by atomic mass is 32.2. The average Bonchev–Trinajstić information content (AvgIpc) is 2.26. The van der Waals surface area contributed by atoms with Crippen molar-refractivity contribution in [2.24, 2.45) is 0 Å². The number of hydrogen-bond acceptors (Lipinski definition) is 4. The molecule has 0 saturated heterocycles. The second-order valence-corrected chi connectivity index (χ2v) is 5.41. The van der Waals surface area contributed by atoms with Gasteiger partial charge in [0.2, 0.25) is 10.0 Å². The van der Waals surface area contributed by atoms with Crippen molar-refractivity contribution >= 4 is 15.7 Å². The molecular weight excluding hydrogens is 266 g/mol. The van der Waals surface area contributed by atoms with E-state index in [0.717, 1.165) is 0 Å². The molecule has 0 spiro atoms. The van der Waals surface area contributed by atoms with Crippen LogP contribution in [0, 0.1) is 0 Å². The number of benzene rings is 1. The summed E-state index contributed by atoms with van der Waals surface area (Å²) in [6.07, 6.45) is -2.71. The maximum absolute atomic E-state index is 11.8. The number of halogens is 2. The summed E-state index contributed by atoms with van der Waals surface area (Å²) in [7, 11) is -3.74. The van der Waals surface area contributed by atoms with Gasteiger partial charge in [-0.15, -0.1) is 0 Å². The fourth-order valence-electron chi connectivity index (χ4n) is 1.14. The van der Waals surface area contributed by atoms with E-state index >= 15 is 0 Å². The number of hydrogen-bond donors (Lipinski definition) is 2. The number of anilines is 1. The van der Waals surface area contributed by atoms with Crippen LogP contribution in [0.4, 0.5) is 14.5 Å². The van der Waals surface area contributed by atoms with Gasteiger partial charge in [0, 0.05) is 11.8 Å². The third kappa shape index (κ3) is 5.78. The van der Waals surface area contributed by atoms with Crippen molar-refractivity contribution in [2.75, 3.05) is 24.6 Å². The molecule has 0 bridgehead atoms. The van der Waals surface area contributed by atoms with Gasteiger partial charge in [0.25, 0.3) is 6.43 Å². The summed E-state index contributed by atoms with van der Waals surface area (Å²) in [6, 6.07) is 6.48. The molecule has 18 heavy (non-hydrogen) atoms. The monoisotopic (exact) mass is 280 g/mol. The van der Waals surface area contributed by atoms with Gasteiger partial charge in [0.05, 0.1) is 12.3 Å². The van der Waals surface area contributed by atoms with Crippen molar-refractivity contribution in [1.82, 2.24) is 4.72 Å². The molecule has 0 aromatic heterocycles. The Morgan fingerprint density at radius 3 is 2.72 bits per heavy atom. The topological polar surface area (TPSA) is 81.4 Å². The molecule has 0 aliphatic carbocycles. The van der Waals surface area contributed by atoms with Gasteiger partial charge in [0.15, 0.2) is 0 Å². The maximum atomic E-state index is 11.8. The Labute approximate surface area is 104 Å². The zero-order valence-electron chi connectivity index (χ0n) is 9.47. The van der Waals surface area contributed by atoms with Crippen molar-refractivity contribution in [3.63, 3.8) is 0 Å². The molecule has 0 atom stereocenters. The minimum absolute atomic E-state index is 0.137.